The van der Waals surface area contributed by atoms with Crippen molar-refractivity contribution in [3.05, 3.63) is 29.8 Å². The molecule has 2 heteroatoms. The lowest BCUT2D eigenvalue weighted by atomic mass is 10.1. The van der Waals surface area contributed by atoms with Gasteiger partial charge in [-0.05, 0) is 56.3 Å². The van der Waals surface area contributed by atoms with E-state index < -0.39 is 0 Å². The van der Waals surface area contributed by atoms with Gasteiger partial charge in [0.1, 0.15) is 0 Å². The SMILES string of the molecule is Nc1ccccc1CCCNCCCC1CC1. The summed E-state index contributed by atoms with van der Waals surface area (Å²) >= 11 is 0. The van der Waals surface area contributed by atoms with Gasteiger partial charge in [0.25, 0.3) is 0 Å². The number of para-hydroxylation sites is 1. The molecule has 94 valence electrons. The van der Waals surface area contributed by atoms with E-state index in [-0.39, 0.29) is 0 Å². The Balaban J connectivity index is 1.49. The fourth-order valence-electron chi connectivity index (χ4n) is 2.21. The Kier molecular flexibility index (Phi) is 4.87. The molecular formula is C15H24N2. The van der Waals surface area contributed by atoms with Crippen molar-refractivity contribution < 1.29 is 0 Å². The molecule has 3 N–H and O–H groups in total. The third-order valence-electron chi connectivity index (χ3n) is 3.52. The Morgan fingerprint density at radius 3 is 2.65 bits per heavy atom. The van der Waals surface area contributed by atoms with Gasteiger partial charge in [-0.25, -0.2) is 0 Å². The Morgan fingerprint density at radius 2 is 1.88 bits per heavy atom. The van der Waals surface area contributed by atoms with Crippen LogP contribution in [-0.2, 0) is 6.42 Å². The molecule has 0 radical (unpaired) electrons. The van der Waals surface area contributed by atoms with Crippen LogP contribution in [0.25, 0.3) is 0 Å². The van der Waals surface area contributed by atoms with Crippen molar-refractivity contribution >= 4 is 5.69 Å². The van der Waals surface area contributed by atoms with Crippen LogP contribution in [0, 0.1) is 5.92 Å². The third kappa shape index (κ3) is 4.78. The minimum absolute atomic E-state index is 0.932. The van der Waals surface area contributed by atoms with Gasteiger partial charge in [0, 0.05) is 5.69 Å². The largest absolute Gasteiger partial charge is 0.399 e. The molecule has 0 aliphatic heterocycles. The summed E-state index contributed by atoms with van der Waals surface area (Å²) in [6.07, 6.45) is 8.00. The highest BCUT2D eigenvalue weighted by Gasteiger charge is 2.19. The first-order valence-electron chi connectivity index (χ1n) is 6.90. The molecule has 1 aliphatic carbocycles. The topological polar surface area (TPSA) is 38.0 Å². The lowest BCUT2D eigenvalue weighted by Crippen LogP contribution is -2.17. The molecule has 1 fully saturated rings. The van der Waals surface area contributed by atoms with E-state index in [0.717, 1.165) is 24.6 Å². The van der Waals surface area contributed by atoms with Crippen molar-refractivity contribution in [2.75, 3.05) is 18.8 Å². The molecule has 0 aromatic heterocycles. The highest BCUT2D eigenvalue weighted by molar-refractivity contribution is 5.46. The molecule has 1 saturated carbocycles. The van der Waals surface area contributed by atoms with Crippen LogP contribution in [0.2, 0.25) is 0 Å². The molecule has 0 unspecified atom stereocenters. The van der Waals surface area contributed by atoms with E-state index in [0.29, 0.717) is 0 Å². The van der Waals surface area contributed by atoms with Crippen molar-refractivity contribution in [3.63, 3.8) is 0 Å². The van der Waals surface area contributed by atoms with Gasteiger partial charge in [0.2, 0.25) is 0 Å². The number of aryl methyl sites for hydroxylation is 1. The van der Waals surface area contributed by atoms with Crippen LogP contribution in [0.1, 0.15) is 37.7 Å². The van der Waals surface area contributed by atoms with Gasteiger partial charge in [-0.1, -0.05) is 31.0 Å². The van der Waals surface area contributed by atoms with Crippen molar-refractivity contribution in [1.82, 2.24) is 5.32 Å². The van der Waals surface area contributed by atoms with Crippen LogP contribution in [0.15, 0.2) is 24.3 Å². The molecule has 0 amide bonds. The van der Waals surface area contributed by atoms with Crippen LogP contribution in [0.5, 0.6) is 0 Å². The van der Waals surface area contributed by atoms with E-state index >= 15 is 0 Å². The average Bonchev–Trinajstić information content (AvgIpc) is 3.14. The van der Waals surface area contributed by atoms with E-state index in [2.05, 4.69) is 17.4 Å². The molecule has 1 aliphatic rings. The predicted molar refractivity (Wildman–Crippen MR) is 74.0 cm³/mol. The first-order chi connectivity index (χ1) is 8.36. The molecule has 0 bridgehead atoms. The molecular weight excluding hydrogens is 208 g/mol. The second-order valence-corrected chi connectivity index (χ2v) is 5.14. The number of nitrogen functional groups attached to an aromatic ring is 1. The minimum Gasteiger partial charge on any atom is -0.399 e. The Bertz CT molecular complexity index is 331. The fourth-order valence-corrected chi connectivity index (χ4v) is 2.21. The Hall–Kier alpha value is -1.02. The zero-order chi connectivity index (χ0) is 11.9. The van der Waals surface area contributed by atoms with Gasteiger partial charge in [-0.3, -0.25) is 0 Å². The third-order valence-corrected chi connectivity index (χ3v) is 3.52. The maximum Gasteiger partial charge on any atom is 0.0346 e. The maximum absolute atomic E-state index is 5.90. The number of rotatable bonds is 8. The molecule has 17 heavy (non-hydrogen) atoms. The second kappa shape index (κ2) is 6.65. The summed E-state index contributed by atoms with van der Waals surface area (Å²) in [7, 11) is 0. The van der Waals surface area contributed by atoms with Gasteiger partial charge in [-0.15, -0.1) is 0 Å². The summed E-state index contributed by atoms with van der Waals surface area (Å²) in [5.74, 6) is 1.07. The molecule has 0 saturated heterocycles. The van der Waals surface area contributed by atoms with E-state index in [4.69, 9.17) is 5.73 Å². The summed E-state index contributed by atoms with van der Waals surface area (Å²) in [4.78, 5) is 0. The fraction of sp³-hybridized carbons (Fsp3) is 0.600. The van der Waals surface area contributed by atoms with Crippen LogP contribution in [0.3, 0.4) is 0 Å². The molecule has 0 atom stereocenters. The van der Waals surface area contributed by atoms with Crippen LogP contribution in [-0.4, -0.2) is 13.1 Å². The zero-order valence-corrected chi connectivity index (χ0v) is 10.6. The van der Waals surface area contributed by atoms with Crippen LogP contribution < -0.4 is 11.1 Å². The molecule has 2 rings (SSSR count). The molecule has 0 heterocycles. The number of hydrogen-bond acceptors (Lipinski definition) is 2. The van der Waals surface area contributed by atoms with Crippen molar-refractivity contribution in [1.29, 1.82) is 0 Å². The monoisotopic (exact) mass is 232 g/mol. The van der Waals surface area contributed by atoms with Gasteiger partial charge >= 0.3 is 0 Å². The average molecular weight is 232 g/mol. The van der Waals surface area contributed by atoms with Crippen LogP contribution in [0.4, 0.5) is 5.69 Å². The minimum atomic E-state index is 0.932. The number of hydrogen-bond donors (Lipinski definition) is 2. The number of nitrogens with two attached hydrogens (primary N) is 1. The summed E-state index contributed by atoms with van der Waals surface area (Å²) in [5, 5.41) is 3.52. The van der Waals surface area contributed by atoms with Crippen molar-refractivity contribution in [3.8, 4) is 0 Å². The highest BCUT2D eigenvalue weighted by atomic mass is 14.8. The lowest BCUT2D eigenvalue weighted by Gasteiger charge is -2.06. The quantitative estimate of drug-likeness (QED) is 0.534. The van der Waals surface area contributed by atoms with E-state index in [1.807, 2.05) is 12.1 Å². The van der Waals surface area contributed by atoms with E-state index in [1.54, 1.807) is 0 Å². The number of benzene rings is 1. The summed E-state index contributed by atoms with van der Waals surface area (Å²) in [6.45, 7) is 2.29. The predicted octanol–water partition coefficient (Wildman–Crippen LogP) is 2.98. The standard InChI is InChI=1S/C15H24N2/c16-15-8-2-1-6-14(15)7-4-12-17-11-3-5-13-9-10-13/h1-2,6,8,13,17H,3-5,7,9-12,16H2. The molecule has 1 aromatic carbocycles. The Morgan fingerprint density at radius 1 is 1.12 bits per heavy atom. The molecule has 2 nitrogen and oxygen atoms in total. The Labute approximate surface area is 105 Å². The highest BCUT2D eigenvalue weighted by Crippen LogP contribution is 2.33. The maximum atomic E-state index is 5.90. The van der Waals surface area contributed by atoms with Crippen molar-refractivity contribution in [2.45, 2.75) is 38.5 Å². The van der Waals surface area contributed by atoms with Gasteiger partial charge < -0.3 is 11.1 Å². The first kappa shape index (κ1) is 12.4. The number of nitrogens with one attached hydrogen (secondary N) is 1. The zero-order valence-electron chi connectivity index (χ0n) is 10.6. The van der Waals surface area contributed by atoms with Crippen LogP contribution >= 0.6 is 0 Å². The van der Waals surface area contributed by atoms with Crippen molar-refractivity contribution in [2.24, 2.45) is 5.92 Å². The second-order valence-electron chi connectivity index (χ2n) is 5.14. The first-order valence-corrected chi connectivity index (χ1v) is 6.90. The van der Waals surface area contributed by atoms with Gasteiger partial charge in [0.05, 0.1) is 0 Å². The normalized spacial score (nSPS) is 15.1. The van der Waals surface area contributed by atoms with E-state index in [1.165, 1.54) is 44.2 Å². The summed E-state index contributed by atoms with van der Waals surface area (Å²) in [5.41, 5.74) is 8.12. The molecule has 1 aromatic rings. The van der Waals surface area contributed by atoms with E-state index in [9.17, 15) is 0 Å². The molecule has 0 spiro atoms. The van der Waals surface area contributed by atoms with Gasteiger partial charge in [0.15, 0.2) is 0 Å². The number of anilines is 1. The smallest absolute Gasteiger partial charge is 0.0346 e. The summed E-state index contributed by atoms with van der Waals surface area (Å²) < 4.78 is 0. The lowest BCUT2D eigenvalue weighted by molar-refractivity contribution is 0.582. The van der Waals surface area contributed by atoms with Gasteiger partial charge in [-0.2, -0.15) is 0 Å². The summed E-state index contributed by atoms with van der Waals surface area (Å²) in [6, 6.07) is 8.17.